The number of nitrogens with one attached hydrogen (secondary N) is 1. The van der Waals surface area contributed by atoms with Crippen LogP contribution in [-0.2, 0) is 4.79 Å². The summed E-state index contributed by atoms with van der Waals surface area (Å²) in [5.74, 6) is -2.82. The number of nitrogens with zero attached hydrogens (tertiary/aromatic N) is 2. The number of halogens is 5. The molecular weight excluding hydrogens is 485 g/mol. The summed E-state index contributed by atoms with van der Waals surface area (Å²) in [6, 6.07) is 12.8. The Morgan fingerprint density at radius 2 is 1.69 bits per heavy atom. The van der Waals surface area contributed by atoms with E-state index in [4.69, 9.17) is 9.47 Å². The number of fused-ring (bicyclic) bond motifs is 1. The van der Waals surface area contributed by atoms with Gasteiger partial charge in [0.1, 0.15) is 29.2 Å². The molecule has 1 N–H and O–H groups in total. The van der Waals surface area contributed by atoms with Crippen molar-refractivity contribution in [3.05, 3.63) is 84.1 Å². The van der Waals surface area contributed by atoms with Crippen LogP contribution >= 0.6 is 0 Å². The summed E-state index contributed by atoms with van der Waals surface area (Å²) in [6.07, 6.45) is -4.82. The van der Waals surface area contributed by atoms with Crippen LogP contribution in [0.5, 0.6) is 11.5 Å². The molecule has 2 atom stereocenters. The summed E-state index contributed by atoms with van der Waals surface area (Å²) in [5.41, 5.74) is 1.38. The fourth-order valence-corrected chi connectivity index (χ4v) is 3.75. The zero-order chi connectivity index (χ0) is 26.0. The number of carbonyl (C=O) groups is 1. The number of aromatic nitrogens is 2. The van der Waals surface area contributed by atoms with Crippen molar-refractivity contribution in [2.75, 3.05) is 7.11 Å². The summed E-state index contributed by atoms with van der Waals surface area (Å²) in [6.45, 7) is 1.31. The van der Waals surface area contributed by atoms with Gasteiger partial charge >= 0.3 is 12.1 Å². The predicted octanol–water partition coefficient (Wildman–Crippen LogP) is 5.50. The third-order valence-corrected chi connectivity index (χ3v) is 5.44. The highest BCUT2D eigenvalue weighted by atomic mass is 19.4. The van der Waals surface area contributed by atoms with E-state index < -0.39 is 35.9 Å². The summed E-state index contributed by atoms with van der Waals surface area (Å²) in [4.78, 5) is 11.6. The van der Waals surface area contributed by atoms with Gasteiger partial charge in [0.15, 0.2) is 0 Å². The number of methoxy groups -OCH3 is 1. The van der Waals surface area contributed by atoms with E-state index in [1.807, 2.05) is 5.32 Å². The molecule has 1 aromatic heterocycles. The highest BCUT2D eigenvalue weighted by molar-refractivity contribution is 5.82. The third-order valence-electron chi connectivity index (χ3n) is 5.44. The highest BCUT2D eigenvalue weighted by Gasteiger charge is 2.41. The van der Waals surface area contributed by atoms with Gasteiger partial charge in [0.05, 0.1) is 30.6 Å². The number of benzene rings is 3. The molecule has 0 saturated heterocycles. The molecule has 1 amide bonds. The van der Waals surface area contributed by atoms with Crippen LogP contribution in [-0.4, -0.2) is 35.0 Å². The van der Waals surface area contributed by atoms with Crippen LogP contribution in [0.25, 0.3) is 16.6 Å². The highest BCUT2D eigenvalue weighted by Crippen LogP contribution is 2.34. The summed E-state index contributed by atoms with van der Waals surface area (Å²) in [5, 5.41) is 6.78. The summed E-state index contributed by atoms with van der Waals surface area (Å²) >= 11 is 0. The number of ether oxygens (including phenoxy) is 2. The Hall–Kier alpha value is -4.15. The Labute approximate surface area is 202 Å². The van der Waals surface area contributed by atoms with Gasteiger partial charge in [-0.25, -0.2) is 13.5 Å². The second kappa shape index (κ2) is 9.84. The molecular formula is C25H20F5N3O3. The number of alkyl halides is 3. The van der Waals surface area contributed by atoms with Crippen molar-refractivity contribution in [1.82, 2.24) is 15.1 Å². The molecule has 0 aliphatic rings. The van der Waals surface area contributed by atoms with Crippen LogP contribution in [0.2, 0.25) is 0 Å². The van der Waals surface area contributed by atoms with E-state index in [9.17, 15) is 26.7 Å². The van der Waals surface area contributed by atoms with Crippen molar-refractivity contribution in [3.8, 4) is 17.2 Å². The number of amides is 1. The molecule has 4 aromatic rings. The van der Waals surface area contributed by atoms with Crippen molar-refractivity contribution in [1.29, 1.82) is 0 Å². The lowest BCUT2D eigenvalue weighted by molar-refractivity contribution is -0.174. The Bertz CT molecular complexity index is 1390. The van der Waals surface area contributed by atoms with Gasteiger partial charge in [-0.05, 0) is 67.6 Å². The Morgan fingerprint density at radius 3 is 2.36 bits per heavy atom. The van der Waals surface area contributed by atoms with Gasteiger partial charge in [0.25, 0.3) is 0 Å². The monoisotopic (exact) mass is 505 g/mol. The standard InChI is InChI=1S/C25H20F5N3O3/c1-14(32-24(34)25(28,29)30)23(20-12-17(27)5-10-22(20)35-2)36-19-8-9-21-15(11-19)13-31-33(21)18-6-3-16(26)4-7-18/h3-14,23H,1-2H3,(H,32,34)/t14-,23+/m0/s1. The molecule has 0 aliphatic heterocycles. The molecule has 0 radical (unpaired) electrons. The molecule has 0 saturated carbocycles. The van der Waals surface area contributed by atoms with Crippen LogP contribution in [0, 0.1) is 11.6 Å². The van der Waals surface area contributed by atoms with E-state index in [0.29, 0.717) is 16.6 Å². The van der Waals surface area contributed by atoms with Crippen molar-refractivity contribution in [2.24, 2.45) is 0 Å². The minimum Gasteiger partial charge on any atom is -0.496 e. The Kier molecular flexibility index (Phi) is 6.82. The van der Waals surface area contributed by atoms with Crippen LogP contribution in [0.1, 0.15) is 18.6 Å². The van der Waals surface area contributed by atoms with E-state index in [-0.39, 0.29) is 17.1 Å². The Balaban J connectivity index is 1.70. The van der Waals surface area contributed by atoms with Gasteiger partial charge in [-0.3, -0.25) is 4.79 Å². The van der Waals surface area contributed by atoms with Crippen molar-refractivity contribution >= 4 is 16.8 Å². The lowest BCUT2D eigenvalue weighted by atomic mass is 10.0. The second-order valence-corrected chi connectivity index (χ2v) is 7.94. The SMILES string of the molecule is COc1ccc(F)cc1[C@H](Oc1ccc2c(cnn2-c2ccc(F)cc2)c1)[C@H](C)NC(=O)C(F)(F)F. The molecule has 0 bridgehead atoms. The molecule has 3 aromatic carbocycles. The van der Waals surface area contributed by atoms with Gasteiger partial charge in [-0.1, -0.05) is 0 Å². The normalized spacial score (nSPS) is 13.3. The van der Waals surface area contributed by atoms with Gasteiger partial charge < -0.3 is 14.8 Å². The van der Waals surface area contributed by atoms with Gasteiger partial charge in [0.2, 0.25) is 0 Å². The first-order chi connectivity index (χ1) is 17.1. The first kappa shape index (κ1) is 25.0. The number of rotatable bonds is 7. The number of hydrogen-bond acceptors (Lipinski definition) is 4. The van der Waals surface area contributed by atoms with E-state index in [1.54, 1.807) is 35.0 Å². The molecule has 0 unspecified atom stereocenters. The molecule has 188 valence electrons. The maximum atomic E-state index is 14.1. The predicted molar refractivity (Wildman–Crippen MR) is 121 cm³/mol. The van der Waals surface area contributed by atoms with Crippen molar-refractivity contribution in [2.45, 2.75) is 25.2 Å². The molecule has 11 heteroatoms. The van der Waals surface area contributed by atoms with Gasteiger partial charge in [-0.15, -0.1) is 0 Å². The summed E-state index contributed by atoms with van der Waals surface area (Å²) < 4.78 is 78.8. The maximum absolute atomic E-state index is 14.1. The minimum absolute atomic E-state index is 0.106. The second-order valence-electron chi connectivity index (χ2n) is 7.94. The van der Waals surface area contributed by atoms with Gasteiger partial charge in [-0.2, -0.15) is 18.3 Å². The van der Waals surface area contributed by atoms with Crippen LogP contribution in [0.4, 0.5) is 22.0 Å². The van der Waals surface area contributed by atoms with Crippen LogP contribution < -0.4 is 14.8 Å². The molecule has 6 nitrogen and oxygen atoms in total. The van der Waals surface area contributed by atoms with E-state index in [0.717, 1.165) is 12.1 Å². The maximum Gasteiger partial charge on any atom is 0.471 e. The molecule has 1 heterocycles. The quantitative estimate of drug-likeness (QED) is 0.337. The molecule has 0 fully saturated rings. The van der Waals surface area contributed by atoms with Crippen LogP contribution in [0.3, 0.4) is 0 Å². The fourth-order valence-electron chi connectivity index (χ4n) is 3.75. The topological polar surface area (TPSA) is 65.4 Å². The van der Waals surface area contributed by atoms with Gasteiger partial charge in [0, 0.05) is 10.9 Å². The van der Waals surface area contributed by atoms with E-state index in [2.05, 4.69) is 5.10 Å². The average molecular weight is 505 g/mol. The van der Waals surface area contributed by atoms with E-state index in [1.165, 1.54) is 38.4 Å². The molecule has 0 aliphatic carbocycles. The zero-order valence-corrected chi connectivity index (χ0v) is 19.0. The average Bonchev–Trinajstić information content (AvgIpc) is 3.25. The zero-order valence-electron chi connectivity index (χ0n) is 19.0. The fraction of sp³-hybridized carbons (Fsp3) is 0.200. The number of carbonyl (C=O) groups excluding carboxylic acids is 1. The first-order valence-electron chi connectivity index (χ1n) is 10.7. The largest absolute Gasteiger partial charge is 0.496 e. The van der Waals surface area contributed by atoms with Crippen molar-refractivity contribution < 1.29 is 36.2 Å². The molecule has 36 heavy (non-hydrogen) atoms. The summed E-state index contributed by atoms with van der Waals surface area (Å²) in [7, 11) is 1.32. The smallest absolute Gasteiger partial charge is 0.471 e. The Morgan fingerprint density at radius 1 is 1.00 bits per heavy atom. The lowest BCUT2D eigenvalue weighted by Crippen LogP contribution is -2.45. The number of hydrogen-bond donors (Lipinski definition) is 1. The van der Waals surface area contributed by atoms with Crippen LogP contribution in [0.15, 0.2) is 66.9 Å². The molecule has 0 spiro atoms. The first-order valence-corrected chi connectivity index (χ1v) is 10.7. The third kappa shape index (κ3) is 5.24. The molecule has 4 rings (SSSR count). The lowest BCUT2D eigenvalue weighted by Gasteiger charge is -2.28. The van der Waals surface area contributed by atoms with E-state index >= 15 is 0 Å². The van der Waals surface area contributed by atoms with Crippen molar-refractivity contribution in [3.63, 3.8) is 0 Å². The minimum atomic E-state index is -5.11.